The van der Waals surface area contributed by atoms with Gasteiger partial charge < -0.3 is 20.6 Å². The van der Waals surface area contributed by atoms with E-state index in [0.717, 1.165) is 0 Å². The molecular weight excluding hydrogens is 210 g/mol. The normalized spacial score (nSPS) is 21.3. The third kappa shape index (κ3) is 2.33. The molecule has 6 nitrogen and oxygen atoms in total. The summed E-state index contributed by atoms with van der Waals surface area (Å²) in [5, 5.41) is 14.4. The topological polar surface area (TPSA) is 81.7 Å². The first-order chi connectivity index (χ1) is 7.27. The Bertz CT molecular complexity index is 344. The monoisotopic (exact) mass is 227 g/mol. The van der Waals surface area contributed by atoms with Gasteiger partial charge in [0.15, 0.2) is 0 Å². The molecule has 1 atom stereocenters. The molecule has 0 bridgehead atoms. The highest BCUT2D eigenvalue weighted by Crippen LogP contribution is 2.20. The van der Waals surface area contributed by atoms with Crippen molar-refractivity contribution in [1.29, 1.82) is 0 Å². The van der Waals surface area contributed by atoms with Crippen LogP contribution >= 0.6 is 0 Å². The van der Waals surface area contributed by atoms with E-state index in [2.05, 4.69) is 10.6 Å². The van der Waals surface area contributed by atoms with E-state index in [9.17, 15) is 14.7 Å². The van der Waals surface area contributed by atoms with Gasteiger partial charge in [-0.25, -0.2) is 0 Å². The summed E-state index contributed by atoms with van der Waals surface area (Å²) >= 11 is 0. The molecule has 0 radical (unpaired) electrons. The Hall–Kier alpha value is -1.56. The van der Waals surface area contributed by atoms with Gasteiger partial charge in [-0.2, -0.15) is 0 Å². The second kappa shape index (κ2) is 4.13. The van der Waals surface area contributed by atoms with Crippen molar-refractivity contribution in [2.24, 2.45) is 0 Å². The minimum atomic E-state index is -1.11. The molecule has 6 heteroatoms. The Morgan fingerprint density at radius 2 is 2.12 bits per heavy atom. The van der Waals surface area contributed by atoms with Gasteiger partial charge in [0, 0.05) is 18.8 Å². The van der Waals surface area contributed by atoms with Crippen molar-refractivity contribution in [2.45, 2.75) is 32.7 Å². The van der Waals surface area contributed by atoms with E-state index in [0.29, 0.717) is 0 Å². The number of nitrogens with zero attached hydrogens (tertiary/aromatic N) is 1. The second-order valence-electron chi connectivity index (χ2n) is 4.55. The number of hydrogen-bond donors (Lipinski definition) is 3. The van der Waals surface area contributed by atoms with Gasteiger partial charge in [-0.15, -0.1) is 0 Å². The maximum atomic E-state index is 11.5. The summed E-state index contributed by atoms with van der Waals surface area (Å²) < 4.78 is 0. The molecule has 0 aromatic carbocycles. The molecule has 0 aromatic rings. The lowest BCUT2D eigenvalue weighted by molar-refractivity contribution is -0.132. The third-order valence-electron chi connectivity index (χ3n) is 2.28. The fourth-order valence-electron chi connectivity index (χ4n) is 1.39. The first kappa shape index (κ1) is 12.5. The Morgan fingerprint density at radius 3 is 2.56 bits per heavy atom. The Labute approximate surface area is 94.3 Å². The van der Waals surface area contributed by atoms with Crippen LogP contribution in [0.3, 0.4) is 0 Å². The van der Waals surface area contributed by atoms with Gasteiger partial charge in [0.1, 0.15) is 5.57 Å². The summed E-state index contributed by atoms with van der Waals surface area (Å²) in [5.74, 6) is -1.05. The largest absolute Gasteiger partial charge is 0.356 e. The Balaban J connectivity index is 3.08. The van der Waals surface area contributed by atoms with Gasteiger partial charge in [0.2, 0.25) is 6.35 Å². The van der Waals surface area contributed by atoms with Crippen LogP contribution in [0.2, 0.25) is 0 Å². The first-order valence-corrected chi connectivity index (χ1v) is 4.98. The van der Waals surface area contributed by atoms with Gasteiger partial charge in [-0.1, -0.05) is 0 Å². The van der Waals surface area contributed by atoms with Crippen LogP contribution in [-0.4, -0.2) is 40.8 Å². The van der Waals surface area contributed by atoms with Gasteiger partial charge in [0.05, 0.1) is 0 Å². The lowest BCUT2D eigenvalue weighted by Crippen LogP contribution is -2.57. The summed E-state index contributed by atoms with van der Waals surface area (Å²) in [6.07, 6.45) is 0.267. The van der Waals surface area contributed by atoms with Crippen LogP contribution in [0.4, 0.5) is 0 Å². The van der Waals surface area contributed by atoms with E-state index < -0.39 is 23.7 Å². The molecule has 0 aromatic heterocycles. The number of carbonyl (C=O) groups is 2. The molecule has 1 rings (SSSR count). The number of aliphatic hydroxyl groups excluding tert-OH is 1. The molecule has 90 valence electrons. The summed E-state index contributed by atoms with van der Waals surface area (Å²) in [6.45, 7) is 5.60. The van der Waals surface area contributed by atoms with Crippen molar-refractivity contribution < 1.29 is 14.7 Å². The molecule has 0 spiro atoms. The second-order valence-corrected chi connectivity index (χ2v) is 4.55. The highest BCUT2D eigenvalue weighted by atomic mass is 16.3. The van der Waals surface area contributed by atoms with Crippen LogP contribution in [0.1, 0.15) is 20.8 Å². The number of amides is 2. The van der Waals surface area contributed by atoms with E-state index in [4.69, 9.17) is 0 Å². The first-order valence-electron chi connectivity index (χ1n) is 4.98. The van der Waals surface area contributed by atoms with Crippen LogP contribution in [0, 0.1) is 0 Å². The van der Waals surface area contributed by atoms with Crippen LogP contribution < -0.4 is 10.6 Å². The third-order valence-corrected chi connectivity index (χ3v) is 2.28. The zero-order valence-corrected chi connectivity index (χ0v) is 9.87. The SMILES string of the molecule is CNC(=O)C1=CN(C(C)(C)C)C(O)NC1=O. The number of rotatable bonds is 1. The number of aliphatic hydroxyl groups is 1. The molecule has 0 saturated carbocycles. The fraction of sp³-hybridized carbons (Fsp3) is 0.600. The summed E-state index contributed by atoms with van der Waals surface area (Å²) in [7, 11) is 1.45. The minimum absolute atomic E-state index is 0.0114. The molecule has 2 amide bonds. The van der Waals surface area contributed by atoms with E-state index in [1.807, 2.05) is 20.8 Å². The smallest absolute Gasteiger partial charge is 0.261 e. The van der Waals surface area contributed by atoms with Gasteiger partial charge in [-0.3, -0.25) is 9.59 Å². The molecule has 16 heavy (non-hydrogen) atoms. The molecule has 0 saturated heterocycles. The molecule has 1 heterocycles. The number of carbonyl (C=O) groups excluding carboxylic acids is 2. The maximum absolute atomic E-state index is 11.5. The molecular formula is C10H17N3O3. The van der Waals surface area contributed by atoms with Gasteiger partial charge in [0.25, 0.3) is 11.8 Å². The zero-order valence-electron chi connectivity index (χ0n) is 9.87. The van der Waals surface area contributed by atoms with E-state index in [1.165, 1.54) is 18.1 Å². The maximum Gasteiger partial charge on any atom is 0.261 e. The quantitative estimate of drug-likeness (QED) is 0.508. The molecule has 0 fully saturated rings. The molecule has 1 aliphatic rings. The average molecular weight is 227 g/mol. The van der Waals surface area contributed by atoms with Crippen molar-refractivity contribution >= 4 is 11.8 Å². The molecule has 1 unspecified atom stereocenters. The summed E-state index contributed by atoms with van der Waals surface area (Å²) in [6, 6.07) is 0. The zero-order chi connectivity index (χ0) is 12.5. The van der Waals surface area contributed by atoms with Crippen molar-refractivity contribution in [3.05, 3.63) is 11.8 Å². The molecule has 1 aliphatic heterocycles. The molecule has 0 aliphatic carbocycles. The number of likely N-dealkylation sites (N-methyl/N-ethyl adjacent to an activating group) is 1. The predicted molar refractivity (Wildman–Crippen MR) is 57.9 cm³/mol. The Morgan fingerprint density at radius 1 is 1.56 bits per heavy atom. The summed E-state index contributed by atoms with van der Waals surface area (Å²) in [4.78, 5) is 24.4. The lowest BCUT2D eigenvalue weighted by Gasteiger charge is -2.41. The summed E-state index contributed by atoms with van der Waals surface area (Å²) in [5.41, 5.74) is -0.408. The average Bonchev–Trinajstić information content (AvgIpc) is 2.14. The molecule has 3 N–H and O–H groups in total. The highest BCUT2D eigenvalue weighted by molar-refractivity contribution is 6.18. The minimum Gasteiger partial charge on any atom is -0.356 e. The van der Waals surface area contributed by atoms with Crippen LogP contribution in [0.5, 0.6) is 0 Å². The number of hydrogen-bond acceptors (Lipinski definition) is 4. The van der Waals surface area contributed by atoms with Crippen molar-refractivity contribution in [1.82, 2.24) is 15.5 Å². The van der Waals surface area contributed by atoms with Crippen LogP contribution in [0.15, 0.2) is 11.8 Å². The van der Waals surface area contributed by atoms with Crippen LogP contribution in [-0.2, 0) is 9.59 Å². The van der Waals surface area contributed by atoms with Crippen LogP contribution in [0.25, 0.3) is 0 Å². The lowest BCUT2D eigenvalue weighted by atomic mass is 10.0. The highest BCUT2D eigenvalue weighted by Gasteiger charge is 2.33. The van der Waals surface area contributed by atoms with Crippen molar-refractivity contribution in [2.75, 3.05) is 7.05 Å². The fourth-order valence-corrected chi connectivity index (χ4v) is 1.39. The van der Waals surface area contributed by atoms with E-state index in [-0.39, 0.29) is 5.57 Å². The standard InChI is InChI=1S/C10H17N3O3/c1-10(2,3)13-5-6(7(14)11-4)8(15)12-9(13)16/h5,9,16H,1-4H3,(H,11,14)(H,12,15). The predicted octanol–water partition coefficient (Wildman–Crippen LogP) is -0.878. The number of nitrogens with one attached hydrogen (secondary N) is 2. The van der Waals surface area contributed by atoms with Crippen molar-refractivity contribution in [3.8, 4) is 0 Å². The van der Waals surface area contributed by atoms with Crippen molar-refractivity contribution in [3.63, 3.8) is 0 Å². The van der Waals surface area contributed by atoms with Gasteiger partial charge in [-0.05, 0) is 20.8 Å². The van der Waals surface area contributed by atoms with E-state index >= 15 is 0 Å². The van der Waals surface area contributed by atoms with Gasteiger partial charge >= 0.3 is 0 Å². The van der Waals surface area contributed by atoms with E-state index in [1.54, 1.807) is 0 Å². The Kier molecular flexibility index (Phi) is 3.23.